The number of aryl methyl sites for hydroxylation is 1. The number of nitrogen functional groups attached to an aromatic ring is 1. The van der Waals surface area contributed by atoms with Crippen molar-refractivity contribution in [1.29, 1.82) is 0 Å². The average Bonchev–Trinajstić information content (AvgIpc) is 3.11. The zero-order valence-electron chi connectivity index (χ0n) is 10.8. The summed E-state index contributed by atoms with van der Waals surface area (Å²) in [7, 11) is 0. The van der Waals surface area contributed by atoms with Gasteiger partial charge < -0.3 is 10.8 Å². The molecule has 0 bridgehead atoms. The van der Waals surface area contributed by atoms with Gasteiger partial charge in [0.05, 0.1) is 6.10 Å². The molecule has 2 nitrogen and oxygen atoms in total. The number of nitrogens with two attached hydrogens (primary N) is 1. The summed E-state index contributed by atoms with van der Waals surface area (Å²) in [5.74, 6) is 1.09. The summed E-state index contributed by atoms with van der Waals surface area (Å²) >= 11 is 0. The highest BCUT2D eigenvalue weighted by Crippen LogP contribution is 2.34. The molecule has 1 atom stereocenters. The topological polar surface area (TPSA) is 46.2 Å². The van der Waals surface area contributed by atoms with Crippen LogP contribution in [-0.4, -0.2) is 11.2 Å². The maximum atomic E-state index is 9.88. The smallest absolute Gasteiger partial charge is 0.0571 e. The highest BCUT2D eigenvalue weighted by molar-refractivity contribution is 5.49. The maximum Gasteiger partial charge on any atom is 0.0571 e. The molecule has 1 fully saturated rings. The molecule has 17 heavy (non-hydrogen) atoms. The lowest BCUT2D eigenvalue weighted by Gasteiger charge is -2.13. The first-order chi connectivity index (χ1) is 8.08. The van der Waals surface area contributed by atoms with Crippen molar-refractivity contribution in [2.75, 3.05) is 5.73 Å². The molecule has 94 valence electrons. The Balaban J connectivity index is 2.00. The van der Waals surface area contributed by atoms with Crippen molar-refractivity contribution in [2.24, 2.45) is 5.92 Å². The molecule has 0 aliphatic heterocycles. The van der Waals surface area contributed by atoms with E-state index in [2.05, 4.69) is 26.0 Å². The van der Waals surface area contributed by atoms with Gasteiger partial charge in [0.2, 0.25) is 0 Å². The number of aliphatic hydroxyl groups excluding tert-OH is 1. The van der Waals surface area contributed by atoms with Crippen LogP contribution in [0.3, 0.4) is 0 Å². The Morgan fingerprint density at radius 3 is 2.65 bits per heavy atom. The van der Waals surface area contributed by atoms with Crippen LogP contribution >= 0.6 is 0 Å². The van der Waals surface area contributed by atoms with Crippen molar-refractivity contribution in [2.45, 2.75) is 51.6 Å². The van der Waals surface area contributed by atoms with Gasteiger partial charge in [0.25, 0.3) is 0 Å². The number of rotatable bonds is 5. The second-order valence-corrected chi connectivity index (χ2v) is 5.56. The lowest BCUT2D eigenvalue weighted by molar-refractivity contribution is 0.142. The second-order valence-electron chi connectivity index (χ2n) is 5.56. The molecule has 0 amide bonds. The fourth-order valence-corrected chi connectivity index (χ4v) is 2.22. The summed E-state index contributed by atoms with van der Waals surface area (Å²) in [6.45, 7) is 4.38. The zero-order valence-corrected chi connectivity index (χ0v) is 10.8. The molecule has 0 spiro atoms. The van der Waals surface area contributed by atoms with Gasteiger partial charge in [-0.05, 0) is 54.7 Å². The summed E-state index contributed by atoms with van der Waals surface area (Å²) in [5, 5.41) is 9.88. The molecule has 1 aromatic carbocycles. The highest BCUT2D eigenvalue weighted by atomic mass is 16.3. The highest BCUT2D eigenvalue weighted by Gasteiger charge is 2.29. The largest absolute Gasteiger partial charge is 0.399 e. The number of aliphatic hydroxyl groups is 1. The van der Waals surface area contributed by atoms with E-state index in [4.69, 9.17) is 5.73 Å². The van der Waals surface area contributed by atoms with Gasteiger partial charge in [0, 0.05) is 5.69 Å². The fraction of sp³-hybridized carbons (Fsp3) is 0.600. The molecule has 0 heterocycles. The van der Waals surface area contributed by atoms with Gasteiger partial charge in [-0.15, -0.1) is 0 Å². The van der Waals surface area contributed by atoms with Crippen LogP contribution in [0.5, 0.6) is 0 Å². The third-order valence-electron chi connectivity index (χ3n) is 3.71. The summed E-state index contributed by atoms with van der Waals surface area (Å²) in [6, 6.07) is 6.29. The average molecular weight is 233 g/mol. The zero-order chi connectivity index (χ0) is 12.4. The predicted octanol–water partition coefficient (Wildman–Crippen LogP) is 3.10. The van der Waals surface area contributed by atoms with E-state index in [-0.39, 0.29) is 6.10 Å². The molecule has 0 radical (unpaired) electrons. The van der Waals surface area contributed by atoms with E-state index in [0.29, 0.717) is 11.8 Å². The summed E-state index contributed by atoms with van der Waals surface area (Å²) < 4.78 is 0. The van der Waals surface area contributed by atoms with Crippen molar-refractivity contribution in [3.63, 3.8) is 0 Å². The number of hydrogen-bond acceptors (Lipinski definition) is 2. The fourth-order valence-electron chi connectivity index (χ4n) is 2.22. The summed E-state index contributed by atoms with van der Waals surface area (Å²) in [5.41, 5.74) is 9.36. The lowest BCUT2D eigenvalue weighted by Crippen LogP contribution is -2.11. The Kier molecular flexibility index (Phi) is 3.72. The van der Waals surface area contributed by atoms with E-state index in [0.717, 1.165) is 18.5 Å². The maximum absolute atomic E-state index is 9.88. The Hall–Kier alpha value is -1.02. The standard InChI is InChI=1S/C15H23NO/c1-10(2)12-5-7-14(16)13(9-12)6-8-15(17)11-3-4-11/h5,7,9-11,15,17H,3-4,6,8,16H2,1-2H3. The molecule has 3 N–H and O–H groups in total. The predicted molar refractivity (Wildman–Crippen MR) is 72.0 cm³/mol. The Labute approximate surface area is 104 Å². The van der Waals surface area contributed by atoms with Gasteiger partial charge >= 0.3 is 0 Å². The third-order valence-corrected chi connectivity index (χ3v) is 3.71. The van der Waals surface area contributed by atoms with Crippen molar-refractivity contribution in [1.82, 2.24) is 0 Å². The molecule has 1 aromatic rings. The van der Waals surface area contributed by atoms with E-state index < -0.39 is 0 Å². The normalized spacial score (nSPS) is 17.4. The first-order valence-corrected chi connectivity index (χ1v) is 6.64. The van der Waals surface area contributed by atoms with Crippen molar-refractivity contribution in [3.8, 4) is 0 Å². The Morgan fingerprint density at radius 1 is 1.35 bits per heavy atom. The number of hydrogen-bond donors (Lipinski definition) is 2. The van der Waals surface area contributed by atoms with E-state index in [1.54, 1.807) is 0 Å². The monoisotopic (exact) mass is 233 g/mol. The van der Waals surface area contributed by atoms with Crippen molar-refractivity contribution in [3.05, 3.63) is 29.3 Å². The molecule has 1 aliphatic rings. The van der Waals surface area contributed by atoms with Crippen LogP contribution in [0.4, 0.5) is 5.69 Å². The Morgan fingerprint density at radius 2 is 2.06 bits per heavy atom. The molecule has 0 aromatic heterocycles. The van der Waals surface area contributed by atoms with Crippen LogP contribution in [-0.2, 0) is 6.42 Å². The molecule has 0 saturated heterocycles. The van der Waals surface area contributed by atoms with E-state index in [1.165, 1.54) is 24.0 Å². The number of benzene rings is 1. The van der Waals surface area contributed by atoms with Crippen LogP contribution in [0.15, 0.2) is 18.2 Å². The Bertz CT molecular complexity index is 383. The van der Waals surface area contributed by atoms with Crippen LogP contribution in [0.25, 0.3) is 0 Å². The number of anilines is 1. The van der Waals surface area contributed by atoms with Gasteiger partial charge in [-0.25, -0.2) is 0 Å². The minimum Gasteiger partial charge on any atom is -0.399 e. The minimum atomic E-state index is -0.128. The lowest BCUT2D eigenvalue weighted by atomic mass is 9.96. The van der Waals surface area contributed by atoms with E-state index in [1.807, 2.05) is 6.07 Å². The van der Waals surface area contributed by atoms with Gasteiger partial charge in [0.15, 0.2) is 0 Å². The van der Waals surface area contributed by atoms with Crippen molar-refractivity contribution < 1.29 is 5.11 Å². The SMILES string of the molecule is CC(C)c1ccc(N)c(CCC(O)C2CC2)c1. The molecular weight excluding hydrogens is 210 g/mol. The van der Waals surface area contributed by atoms with Gasteiger partial charge in [-0.3, -0.25) is 0 Å². The van der Waals surface area contributed by atoms with Crippen LogP contribution in [0.1, 0.15) is 50.2 Å². The van der Waals surface area contributed by atoms with E-state index >= 15 is 0 Å². The van der Waals surface area contributed by atoms with Gasteiger partial charge in [-0.2, -0.15) is 0 Å². The van der Waals surface area contributed by atoms with E-state index in [9.17, 15) is 5.11 Å². The summed E-state index contributed by atoms with van der Waals surface area (Å²) in [6.07, 6.45) is 4.00. The molecule has 2 rings (SSSR count). The first kappa shape index (κ1) is 12.4. The van der Waals surface area contributed by atoms with Crippen molar-refractivity contribution >= 4 is 5.69 Å². The van der Waals surface area contributed by atoms with Crippen LogP contribution in [0, 0.1) is 5.92 Å². The first-order valence-electron chi connectivity index (χ1n) is 6.64. The molecular formula is C15H23NO. The summed E-state index contributed by atoms with van der Waals surface area (Å²) in [4.78, 5) is 0. The van der Waals surface area contributed by atoms with Crippen LogP contribution in [0.2, 0.25) is 0 Å². The van der Waals surface area contributed by atoms with Gasteiger partial charge in [0.1, 0.15) is 0 Å². The molecule has 1 aliphatic carbocycles. The second kappa shape index (κ2) is 5.09. The van der Waals surface area contributed by atoms with Crippen LogP contribution < -0.4 is 5.73 Å². The molecule has 1 saturated carbocycles. The third kappa shape index (κ3) is 3.22. The minimum absolute atomic E-state index is 0.128. The van der Waals surface area contributed by atoms with Gasteiger partial charge in [-0.1, -0.05) is 26.0 Å². The molecule has 1 unspecified atom stereocenters. The molecule has 2 heteroatoms. The quantitative estimate of drug-likeness (QED) is 0.768.